The van der Waals surface area contributed by atoms with Crippen LogP contribution in [-0.2, 0) is 16.1 Å². The molecule has 6 nitrogen and oxygen atoms in total. The molecule has 1 heterocycles. The summed E-state index contributed by atoms with van der Waals surface area (Å²) in [6.45, 7) is 0.0476. The summed E-state index contributed by atoms with van der Waals surface area (Å²) >= 11 is 3.38. The number of pyridine rings is 1. The van der Waals surface area contributed by atoms with E-state index in [0.29, 0.717) is 22.2 Å². The SMILES string of the molecule is COC(=O)c1ccc(NC(=O)Cn2ccc(=O)c3ccc(Br)cc32)cc1. The largest absolute Gasteiger partial charge is 0.465 e. The van der Waals surface area contributed by atoms with Gasteiger partial charge in [0.15, 0.2) is 5.43 Å². The van der Waals surface area contributed by atoms with E-state index in [9.17, 15) is 14.4 Å². The van der Waals surface area contributed by atoms with Crippen LogP contribution >= 0.6 is 15.9 Å². The molecule has 0 aliphatic carbocycles. The van der Waals surface area contributed by atoms with Crippen LogP contribution < -0.4 is 10.7 Å². The van der Waals surface area contributed by atoms with Crippen LogP contribution in [0.4, 0.5) is 5.69 Å². The smallest absolute Gasteiger partial charge is 0.337 e. The third-order valence-corrected chi connectivity index (χ3v) is 4.34. The van der Waals surface area contributed by atoms with E-state index in [0.717, 1.165) is 4.47 Å². The van der Waals surface area contributed by atoms with Crippen LogP contribution in [0.5, 0.6) is 0 Å². The number of amides is 1. The Morgan fingerprint density at radius 3 is 2.54 bits per heavy atom. The van der Waals surface area contributed by atoms with Crippen molar-refractivity contribution in [3.63, 3.8) is 0 Å². The second-order valence-corrected chi connectivity index (χ2v) is 6.50. The average molecular weight is 415 g/mol. The summed E-state index contributed by atoms with van der Waals surface area (Å²) in [5, 5.41) is 3.31. The fraction of sp³-hybridized carbons (Fsp3) is 0.105. The van der Waals surface area contributed by atoms with Crippen LogP contribution in [-0.4, -0.2) is 23.6 Å². The highest BCUT2D eigenvalue weighted by atomic mass is 79.9. The van der Waals surface area contributed by atoms with Crippen molar-refractivity contribution in [1.82, 2.24) is 4.57 Å². The molecular formula is C19H15BrN2O4. The van der Waals surface area contributed by atoms with E-state index in [1.54, 1.807) is 53.2 Å². The number of rotatable bonds is 4. The van der Waals surface area contributed by atoms with Crippen molar-refractivity contribution < 1.29 is 14.3 Å². The zero-order valence-corrected chi connectivity index (χ0v) is 15.4. The number of anilines is 1. The highest BCUT2D eigenvalue weighted by Crippen LogP contribution is 2.17. The van der Waals surface area contributed by atoms with Gasteiger partial charge in [-0.15, -0.1) is 0 Å². The zero-order chi connectivity index (χ0) is 18.7. The van der Waals surface area contributed by atoms with Crippen molar-refractivity contribution in [3.8, 4) is 0 Å². The van der Waals surface area contributed by atoms with Crippen LogP contribution in [0, 0.1) is 0 Å². The molecule has 7 heteroatoms. The molecular weight excluding hydrogens is 400 g/mol. The summed E-state index contributed by atoms with van der Waals surface area (Å²) in [6, 6.07) is 13.2. The predicted molar refractivity (Wildman–Crippen MR) is 102 cm³/mol. The van der Waals surface area contributed by atoms with Gasteiger partial charge in [0.1, 0.15) is 6.54 Å². The molecule has 0 unspecified atom stereocenters. The van der Waals surface area contributed by atoms with Gasteiger partial charge in [-0.1, -0.05) is 15.9 Å². The van der Waals surface area contributed by atoms with Crippen molar-refractivity contribution in [2.45, 2.75) is 6.54 Å². The van der Waals surface area contributed by atoms with Crippen LogP contribution in [0.3, 0.4) is 0 Å². The van der Waals surface area contributed by atoms with Crippen molar-refractivity contribution >= 4 is 44.4 Å². The molecule has 2 aromatic carbocycles. The molecule has 0 saturated heterocycles. The first kappa shape index (κ1) is 17.9. The monoisotopic (exact) mass is 414 g/mol. The molecule has 0 saturated carbocycles. The van der Waals surface area contributed by atoms with Crippen molar-refractivity contribution in [2.75, 3.05) is 12.4 Å². The summed E-state index contributed by atoms with van der Waals surface area (Å²) in [4.78, 5) is 35.7. The number of carbonyl (C=O) groups excluding carboxylic acids is 2. The number of halogens is 1. The fourth-order valence-electron chi connectivity index (χ4n) is 2.58. The highest BCUT2D eigenvalue weighted by Gasteiger charge is 2.09. The molecule has 132 valence electrons. The lowest BCUT2D eigenvalue weighted by Crippen LogP contribution is -2.20. The van der Waals surface area contributed by atoms with Crippen LogP contribution in [0.25, 0.3) is 10.9 Å². The van der Waals surface area contributed by atoms with Gasteiger partial charge in [-0.05, 0) is 42.5 Å². The number of esters is 1. The third-order valence-electron chi connectivity index (χ3n) is 3.84. The Bertz CT molecular complexity index is 1040. The molecule has 1 amide bonds. The number of fused-ring (bicyclic) bond motifs is 1. The Balaban J connectivity index is 1.79. The molecule has 0 radical (unpaired) electrons. The first-order valence-corrected chi connectivity index (χ1v) is 8.54. The molecule has 0 aliphatic rings. The maximum atomic E-state index is 12.4. The molecule has 0 atom stereocenters. The van der Waals surface area contributed by atoms with E-state index in [1.807, 2.05) is 0 Å². The van der Waals surface area contributed by atoms with E-state index >= 15 is 0 Å². The van der Waals surface area contributed by atoms with Crippen molar-refractivity contribution in [3.05, 3.63) is 75.0 Å². The fourth-order valence-corrected chi connectivity index (χ4v) is 2.93. The number of carbonyl (C=O) groups is 2. The Kier molecular flexibility index (Phi) is 5.18. The number of hydrogen-bond donors (Lipinski definition) is 1. The summed E-state index contributed by atoms with van der Waals surface area (Å²) in [6.07, 6.45) is 1.59. The number of methoxy groups -OCH3 is 1. The number of nitrogens with zero attached hydrogens (tertiary/aromatic N) is 1. The van der Waals surface area contributed by atoms with Gasteiger partial charge in [0, 0.05) is 27.8 Å². The molecule has 3 rings (SSSR count). The van der Waals surface area contributed by atoms with Crippen LogP contribution in [0.15, 0.2) is 64.0 Å². The lowest BCUT2D eigenvalue weighted by molar-refractivity contribution is -0.116. The number of nitrogens with one attached hydrogen (secondary N) is 1. The van der Waals surface area contributed by atoms with E-state index in [1.165, 1.54) is 13.2 Å². The normalized spacial score (nSPS) is 10.5. The first-order valence-electron chi connectivity index (χ1n) is 7.75. The Morgan fingerprint density at radius 1 is 1.12 bits per heavy atom. The molecule has 0 spiro atoms. The maximum Gasteiger partial charge on any atom is 0.337 e. The lowest BCUT2D eigenvalue weighted by atomic mass is 10.2. The Morgan fingerprint density at radius 2 is 1.85 bits per heavy atom. The second kappa shape index (κ2) is 7.53. The van der Waals surface area contributed by atoms with Crippen molar-refractivity contribution in [1.29, 1.82) is 0 Å². The molecule has 1 aromatic heterocycles. The third kappa shape index (κ3) is 3.83. The van der Waals surface area contributed by atoms with Gasteiger partial charge < -0.3 is 14.6 Å². The van der Waals surface area contributed by atoms with Crippen LogP contribution in [0.2, 0.25) is 0 Å². The van der Waals surface area contributed by atoms with E-state index in [4.69, 9.17) is 0 Å². The van der Waals surface area contributed by atoms with Gasteiger partial charge in [0.25, 0.3) is 0 Å². The van der Waals surface area contributed by atoms with Crippen LogP contribution in [0.1, 0.15) is 10.4 Å². The molecule has 26 heavy (non-hydrogen) atoms. The minimum atomic E-state index is -0.437. The number of ether oxygens (including phenoxy) is 1. The maximum absolute atomic E-state index is 12.4. The molecule has 3 aromatic rings. The lowest BCUT2D eigenvalue weighted by Gasteiger charge is -2.11. The van der Waals surface area contributed by atoms with Gasteiger partial charge >= 0.3 is 5.97 Å². The summed E-state index contributed by atoms with van der Waals surface area (Å²) in [7, 11) is 1.31. The highest BCUT2D eigenvalue weighted by molar-refractivity contribution is 9.10. The zero-order valence-electron chi connectivity index (χ0n) is 13.9. The summed E-state index contributed by atoms with van der Waals surface area (Å²) in [5.74, 6) is -0.686. The van der Waals surface area contributed by atoms with E-state index < -0.39 is 5.97 Å². The standard InChI is InChI=1S/C19H15BrN2O4/c1-26-19(25)12-2-5-14(6-3-12)21-18(24)11-22-9-8-17(23)15-7-4-13(20)10-16(15)22/h2-10H,11H2,1H3,(H,21,24). The Labute approximate surface area is 157 Å². The topological polar surface area (TPSA) is 77.4 Å². The molecule has 0 aliphatic heterocycles. The number of aromatic nitrogens is 1. The van der Waals surface area contributed by atoms with E-state index in [-0.39, 0.29) is 17.9 Å². The molecule has 0 fully saturated rings. The van der Waals surface area contributed by atoms with Gasteiger partial charge in [-0.3, -0.25) is 9.59 Å². The molecule has 1 N–H and O–H groups in total. The minimum Gasteiger partial charge on any atom is -0.465 e. The van der Waals surface area contributed by atoms with Gasteiger partial charge in [0.2, 0.25) is 5.91 Å². The first-order chi connectivity index (χ1) is 12.5. The van der Waals surface area contributed by atoms with Crippen molar-refractivity contribution in [2.24, 2.45) is 0 Å². The van der Waals surface area contributed by atoms with Gasteiger partial charge in [0.05, 0.1) is 18.2 Å². The van der Waals surface area contributed by atoms with Gasteiger partial charge in [-0.25, -0.2) is 4.79 Å². The number of hydrogen-bond acceptors (Lipinski definition) is 4. The molecule has 0 bridgehead atoms. The number of benzene rings is 2. The second-order valence-electron chi connectivity index (χ2n) is 5.59. The summed E-state index contributed by atoms with van der Waals surface area (Å²) in [5.41, 5.74) is 1.54. The Hall–Kier alpha value is -2.93. The van der Waals surface area contributed by atoms with E-state index in [2.05, 4.69) is 26.0 Å². The van der Waals surface area contributed by atoms with Gasteiger partial charge in [-0.2, -0.15) is 0 Å². The summed E-state index contributed by atoms with van der Waals surface area (Å²) < 4.78 is 7.17. The average Bonchev–Trinajstić information content (AvgIpc) is 2.64. The quantitative estimate of drug-likeness (QED) is 0.664. The predicted octanol–water partition coefficient (Wildman–Crippen LogP) is 3.19. The minimum absolute atomic E-state index is 0.0476.